The average molecular weight is 277 g/mol. The molecule has 6 heteroatoms. The van der Waals surface area contributed by atoms with Gasteiger partial charge < -0.3 is 15.5 Å². The number of likely N-dealkylation sites (tertiary alicyclic amines) is 1. The van der Waals surface area contributed by atoms with E-state index in [2.05, 4.69) is 34.4 Å². The number of aromatic nitrogens is 2. The van der Waals surface area contributed by atoms with Gasteiger partial charge in [0.2, 0.25) is 5.91 Å². The van der Waals surface area contributed by atoms with Gasteiger partial charge in [-0.2, -0.15) is 0 Å². The lowest BCUT2D eigenvalue weighted by atomic mass is 10.0. The van der Waals surface area contributed by atoms with E-state index in [1.165, 1.54) is 6.33 Å². The molecule has 0 aromatic carbocycles. The van der Waals surface area contributed by atoms with Crippen molar-refractivity contribution in [3.05, 3.63) is 11.9 Å². The monoisotopic (exact) mass is 277 g/mol. The fourth-order valence-corrected chi connectivity index (χ4v) is 2.52. The Morgan fingerprint density at radius 3 is 2.55 bits per heavy atom. The molecule has 2 N–H and O–H groups in total. The van der Waals surface area contributed by atoms with E-state index in [0.717, 1.165) is 43.1 Å². The van der Waals surface area contributed by atoms with Gasteiger partial charge in [0, 0.05) is 25.7 Å². The minimum Gasteiger partial charge on any atom is -0.373 e. The van der Waals surface area contributed by atoms with Gasteiger partial charge in [0.25, 0.3) is 0 Å². The maximum Gasteiger partial charge on any atom is 0.241 e. The number of hydrogen-bond acceptors (Lipinski definition) is 5. The minimum absolute atomic E-state index is 0.141. The molecule has 1 aliphatic rings. The second-order valence-electron chi connectivity index (χ2n) is 5.33. The van der Waals surface area contributed by atoms with Crippen molar-refractivity contribution >= 4 is 17.5 Å². The molecule has 2 rings (SSSR count). The molecule has 0 unspecified atom stereocenters. The number of anilines is 2. The van der Waals surface area contributed by atoms with Crippen molar-refractivity contribution in [2.45, 2.75) is 32.6 Å². The van der Waals surface area contributed by atoms with Crippen molar-refractivity contribution in [1.29, 1.82) is 0 Å². The minimum atomic E-state index is 0.141. The number of carbonyl (C=O) groups excluding carboxylic acids is 1. The molecule has 0 atom stereocenters. The Hall–Kier alpha value is -1.85. The molecular weight excluding hydrogens is 254 g/mol. The first-order valence-corrected chi connectivity index (χ1v) is 7.17. The van der Waals surface area contributed by atoms with Crippen molar-refractivity contribution in [3.63, 3.8) is 0 Å². The number of nitrogens with zero attached hydrogens (tertiary/aromatic N) is 3. The summed E-state index contributed by atoms with van der Waals surface area (Å²) >= 11 is 0. The highest BCUT2D eigenvalue weighted by atomic mass is 16.2. The lowest BCUT2D eigenvalue weighted by Gasteiger charge is -2.19. The quantitative estimate of drug-likeness (QED) is 0.857. The van der Waals surface area contributed by atoms with E-state index in [-0.39, 0.29) is 11.8 Å². The smallest absolute Gasteiger partial charge is 0.241 e. The first-order valence-electron chi connectivity index (χ1n) is 7.17. The molecule has 1 aromatic heterocycles. The predicted octanol–water partition coefficient (Wildman–Crippen LogP) is 1.68. The van der Waals surface area contributed by atoms with Gasteiger partial charge in [0.1, 0.15) is 18.0 Å². The van der Waals surface area contributed by atoms with Crippen LogP contribution in [0.3, 0.4) is 0 Å². The third kappa shape index (κ3) is 3.18. The highest BCUT2D eigenvalue weighted by Gasteiger charge is 2.19. The summed E-state index contributed by atoms with van der Waals surface area (Å²) in [6.07, 6.45) is 3.74. The summed E-state index contributed by atoms with van der Waals surface area (Å²) < 4.78 is 0. The topological polar surface area (TPSA) is 70.1 Å². The Labute approximate surface area is 120 Å². The van der Waals surface area contributed by atoms with E-state index >= 15 is 0 Å². The number of rotatable bonds is 5. The summed E-state index contributed by atoms with van der Waals surface area (Å²) in [6, 6.07) is 0. The fraction of sp³-hybridized carbons (Fsp3) is 0.643. The third-order valence-corrected chi connectivity index (χ3v) is 3.56. The number of carbonyl (C=O) groups is 1. The molecule has 0 aliphatic carbocycles. The highest BCUT2D eigenvalue weighted by molar-refractivity contribution is 5.81. The van der Waals surface area contributed by atoms with Crippen LogP contribution >= 0.6 is 0 Å². The predicted molar refractivity (Wildman–Crippen MR) is 80.0 cm³/mol. The summed E-state index contributed by atoms with van der Waals surface area (Å²) in [4.78, 5) is 22.5. The van der Waals surface area contributed by atoms with Crippen LogP contribution in [0.1, 0.15) is 38.2 Å². The number of nitrogens with one attached hydrogen (secondary N) is 2. The van der Waals surface area contributed by atoms with Gasteiger partial charge in [-0.05, 0) is 18.8 Å². The summed E-state index contributed by atoms with van der Waals surface area (Å²) in [5.41, 5.74) is 1.02. The molecule has 0 radical (unpaired) electrons. The van der Waals surface area contributed by atoms with Crippen molar-refractivity contribution < 1.29 is 4.79 Å². The highest BCUT2D eigenvalue weighted by Crippen LogP contribution is 2.27. The first kappa shape index (κ1) is 14.6. The van der Waals surface area contributed by atoms with Gasteiger partial charge >= 0.3 is 0 Å². The number of amides is 1. The molecule has 1 fully saturated rings. The van der Waals surface area contributed by atoms with Crippen LogP contribution < -0.4 is 10.6 Å². The Kier molecular flexibility index (Phi) is 4.76. The molecule has 2 heterocycles. The normalized spacial score (nSPS) is 14.7. The summed E-state index contributed by atoms with van der Waals surface area (Å²) in [5.74, 6) is 1.97. The number of hydrogen-bond donors (Lipinski definition) is 2. The molecule has 1 saturated heterocycles. The van der Waals surface area contributed by atoms with Crippen molar-refractivity contribution in [2.75, 3.05) is 37.3 Å². The average Bonchev–Trinajstić information content (AvgIpc) is 2.98. The zero-order valence-corrected chi connectivity index (χ0v) is 12.4. The first-order chi connectivity index (χ1) is 9.63. The van der Waals surface area contributed by atoms with Crippen LogP contribution in [-0.4, -0.2) is 47.5 Å². The van der Waals surface area contributed by atoms with Gasteiger partial charge in [-0.3, -0.25) is 4.79 Å². The molecule has 0 saturated carbocycles. The lowest BCUT2D eigenvalue weighted by molar-refractivity contribution is -0.128. The van der Waals surface area contributed by atoms with E-state index in [9.17, 15) is 4.79 Å². The third-order valence-electron chi connectivity index (χ3n) is 3.56. The van der Waals surface area contributed by atoms with E-state index < -0.39 is 0 Å². The molecule has 1 amide bonds. The van der Waals surface area contributed by atoms with Gasteiger partial charge in [0.15, 0.2) is 0 Å². The summed E-state index contributed by atoms with van der Waals surface area (Å²) in [7, 11) is 1.84. The van der Waals surface area contributed by atoms with Crippen molar-refractivity contribution in [1.82, 2.24) is 14.9 Å². The van der Waals surface area contributed by atoms with Crippen molar-refractivity contribution in [2.24, 2.45) is 0 Å². The lowest BCUT2D eigenvalue weighted by Crippen LogP contribution is -2.33. The van der Waals surface area contributed by atoms with Crippen molar-refractivity contribution in [3.8, 4) is 0 Å². The van der Waals surface area contributed by atoms with Gasteiger partial charge in [0.05, 0.1) is 6.54 Å². The van der Waals surface area contributed by atoms with Gasteiger partial charge in [-0.15, -0.1) is 0 Å². The second kappa shape index (κ2) is 6.54. The second-order valence-corrected chi connectivity index (χ2v) is 5.33. The Morgan fingerprint density at radius 1 is 1.30 bits per heavy atom. The molecule has 6 nitrogen and oxygen atoms in total. The SMILES string of the molecule is CNc1ncnc(NCC(=O)N2CCCC2)c1C(C)C. The van der Waals surface area contributed by atoms with Crippen LogP contribution in [0, 0.1) is 0 Å². The molecule has 20 heavy (non-hydrogen) atoms. The molecular formula is C14H23N5O. The van der Waals surface area contributed by atoms with E-state index in [1.54, 1.807) is 0 Å². The molecule has 110 valence electrons. The maximum absolute atomic E-state index is 12.1. The molecule has 1 aliphatic heterocycles. The Bertz CT molecular complexity index is 469. The van der Waals surface area contributed by atoms with E-state index in [0.29, 0.717) is 6.54 Å². The van der Waals surface area contributed by atoms with Gasteiger partial charge in [-0.1, -0.05) is 13.8 Å². The fourth-order valence-electron chi connectivity index (χ4n) is 2.52. The van der Waals surface area contributed by atoms with Crippen LogP contribution in [0.2, 0.25) is 0 Å². The summed E-state index contributed by atoms with van der Waals surface area (Å²) in [5, 5.41) is 6.24. The van der Waals surface area contributed by atoms with E-state index in [1.807, 2.05) is 11.9 Å². The van der Waals surface area contributed by atoms with E-state index in [4.69, 9.17) is 0 Å². The van der Waals surface area contributed by atoms with Crippen LogP contribution in [0.15, 0.2) is 6.33 Å². The zero-order chi connectivity index (χ0) is 14.5. The molecule has 0 spiro atoms. The Morgan fingerprint density at radius 2 is 1.95 bits per heavy atom. The standard InChI is InChI=1S/C14H23N5O/c1-10(2)12-13(15-3)17-9-18-14(12)16-8-11(20)19-6-4-5-7-19/h9-10H,4-8H2,1-3H3,(H2,15,16,17,18). The maximum atomic E-state index is 12.1. The van der Waals surface area contributed by atoms with Crippen LogP contribution in [0.25, 0.3) is 0 Å². The largest absolute Gasteiger partial charge is 0.373 e. The Balaban J connectivity index is 2.06. The van der Waals surface area contributed by atoms with Gasteiger partial charge in [-0.25, -0.2) is 9.97 Å². The van der Waals surface area contributed by atoms with Crippen LogP contribution in [0.5, 0.6) is 0 Å². The zero-order valence-electron chi connectivity index (χ0n) is 12.4. The van der Waals surface area contributed by atoms with Crippen LogP contribution in [-0.2, 0) is 4.79 Å². The van der Waals surface area contributed by atoms with Crippen LogP contribution in [0.4, 0.5) is 11.6 Å². The summed E-state index contributed by atoms with van der Waals surface area (Å²) in [6.45, 7) is 6.23. The molecule has 1 aromatic rings. The molecule has 0 bridgehead atoms.